The van der Waals surface area contributed by atoms with E-state index < -0.39 is 0 Å². The zero-order valence-corrected chi connectivity index (χ0v) is 16.8. The number of benzene rings is 1. The summed E-state index contributed by atoms with van der Waals surface area (Å²) in [6, 6.07) is 7.87. The summed E-state index contributed by atoms with van der Waals surface area (Å²) in [5.74, 6) is -0.00124. The van der Waals surface area contributed by atoms with Gasteiger partial charge in [-0.3, -0.25) is 4.79 Å². The molecule has 1 N–H and O–H groups in total. The van der Waals surface area contributed by atoms with Crippen molar-refractivity contribution in [3.05, 3.63) is 29.8 Å². The molecule has 0 spiro atoms. The maximum atomic E-state index is 12.6. The highest BCUT2D eigenvalue weighted by Crippen LogP contribution is 2.29. The van der Waals surface area contributed by atoms with Crippen molar-refractivity contribution in [1.82, 2.24) is 9.80 Å². The number of hydrogen-bond donors (Lipinski definition) is 1. The molecule has 2 rings (SSSR count). The van der Waals surface area contributed by atoms with E-state index in [-0.39, 0.29) is 23.9 Å². The first-order valence-electron chi connectivity index (χ1n) is 9.57. The normalized spacial score (nSPS) is 15.4. The first-order chi connectivity index (χ1) is 12.2. The van der Waals surface area contributed by atoms with Crippen molar-refractivity contribution in [2.75, 3.05) is 26.0 Å². The van der Waals surface area contributed by atoms with Crippen LogP contribution in [-0.4, -0.2) is 48.4 Å². The van der Waals surface area contributed by atoms with Crippen molar-refractivity contribution >= 4 is 17.6 Å². The quantitative estimate of drug-likeness (QED) is 0.874. The fourth-order valence-electron chi connectivity index (χ4n) is 3.51. The maximum absolute atomic E-state index is 12.6. The number of carbonyl (C=O) groups is 2. The van der Waals surface area contributed by atoms with E-state index in [9.17, 15) is 9.59 Å². The monoisotopic (exact) mass is 359 g/mol. The van der Waals surface area contributed by atoms with Gasteiger partial charge in [-0.05, 0) is 29.9 Å². The molecule has 0 aromatic heterocycles. The van der Waals surface area contributed by atoms with Gasteiger partial charge in [0.1, 0.15) is 6.54 Å². The lowest BCUT2D eigenvalue weighted by Gasteiger charge is -2.32. The fraction of sp³-hybridized carbons (Fsp3) is 0.619. The van der Waals surface area contributed by atoms with Gasteiger partial charge in [0, 0.05) is 25.8 Å². The molecular formula is C21H33N3O2. The van der Waals surface area contributed by atoms with Gasteiger partial charge < -0.3 is 15.1 Å². The predicted molar refractivity (Wildman–Crippen MR) is 106 cm³/mol. The van der Waals surface area contributed by atoms with Gasteiger partial charge in [-0.2, -0.15) is 0 Å². The molecule has 1 aliphatic rings. The van der Waals surface area contributed by atoms with Crippen LogP contribution in [0.25, 0.3) is 0 Å². The van der Waals surface area contributed by atoms with E-state index in [0.717, 1.165) is 24.1 Å². The number of carbonyl (C=O) groups excluding carboxylic acids is 2. The van der Waals surface area contributed by atoms with Gasteiger partial charge >= 0.3 is 6.03 Å². The molecule has 1 fully saturated rings. The third-order valence-corrected chi connectivity index (χ3v) is 5.21. The summed E-state index contributed by atoms with van der Waals surface area (Å²) in [5, 5.41) is 2.96. The molecule has 5 heteroatoms. The topological polar surface area (TPSA) is 52.7 Å². The molecule has 1 saturated carbocycles. The molecule has 0 bridgehead atoms. The zero-order valence-electron chi connectivity index (χ0n) is 16.8. The predicted octanol–water partition coefficient (Wildman–Crippen LogP) is 4.24. The molecule has 144 valence electrons. The number of para-hydroxylation sites is 1. The molecule has 5 nitrogen and oxygen atoms in total. The summed E-state index contributed by atoms with van der Waals surface area (Å²) in [6.45, 7) is 6.44. The Labute approximate surface area is 157 Å². The number of amides is 3. The average molecular weight is 360 g/mol. The van der Waals surface area contributed by atoms with Crippen LogP contribution in [0, 0.1) is 0 Å². The van der Waals surface area contributed by atoms with Gasteiger partial charge in [0.05, 0.1) is 0 Å². The van der Waals surface area contributed by atoms with Crippen molar-refractivity contribution in [1.29, 1.82) is 0 Å². The first kappa shape index (κ1) is 20.3. The van der Waals surface area contributed by atoms with Crippen molar-refractivity contribution in [2.24, 2.45) is 0 Å². The number of nitrogens with zero attached hydrogens (tertiary/aromatic N) is 2. The van der Waals surface area contributed by atoms with E-state index in [4.69, 9.17) is 0 Å². The van der Waals surface area contributed by atoms with Gasteiger partial charge in [0.2, 0.25) is 5.91 Å². The van der Waals surface area contributed by atoms with Crippen molar-refractivity contribution in [3.63, 3.8) is 0 Å². The Morgan fingerprint density at radius 3 is 2.31 bits per heavy atom. The Balaban J connectivity index is 1.96. The number of urea groups is 1. The van der Waals surface area contributed by atoms with Gasteiger partial charge in [0.25, 0.3) is 0 Å². The van der Waals surface area contributed by atoms with Gasteiger partial charge in [-0.25, -0.2) is 4.79 Å². The van der Waals surface area contributed by atoms with Gasteiger partial charge in [-0.15, -0.1) is 0 Å². The number of hydrogen-bond acceptors (Lipinski definition) is 2. The van der Waals surface area contributed by atoms with E-state index in [2.05, 4.69) is 26.1 Å². The van der Waals surface area contributed by atoms with Crippen LogP contribution in [0.4, 0.5) is 10.5 Å². The minimum absolute atomic E-state index is 0.00124. The molecule has 1 aromatic rings. The smallest absolute Gasteiger partial charge is 0.322 e. The van der Waals surface area contributed by atoms with Crippen molar-refractivity contribution in [3.8, 4) is 0 Å². The Bertz CT molecular complexity index is 630. The van der Waals surface area contributed by atoms with Crippen LogP contribution in [-0.2, 0) is 10.2 Å². The van der Waals surface area contributed by atoms with Crippen LogP contribution >= 0.6 is 0 Å². The Morgan fingerprint density at radius 2 is 1.69 bits per heavy atom. The van der Waals surface area contributed by atoms with Gasteiger partial charge in [0.15, 0.2) is 0 Å². The summed E-state index contributed by atoms with van der Waals surface area (Å²) in [4.78, 5) is 28.4. The van der Waals surface area contributed by atoms with E-state index in [0.29, 0.717) is 6.04 Å². The van der Waals surface area contributed by atoms with Crippen LogP contribution in [0.5, 0.6) is 0 Å². The molecule has 0 unspecified atom stereocenters. The summed E-state index contributed by atoms with van der Waals surface area (Å²) in [6.07, 6.45) is 5.76. The second kappa shape index (κ2) is 8.56. The minimum Gasteiger partial charge on any atom is -0.341 e. The van der Waals surface area contributed by atoms with Crippen LogP contribution in [0.3, 0.4) is 0 Å². The minimum atomic E-state index is -0.257. The lowest BCUT2D eigenvalue weighted by atomic mass is 9.86. The lowest BCUT2D eigenvalue weighted by Crippen LogP contribution is -2.45. The lowest BCUT2D eigenvalue weighted by molar-refractivity contribution is -0.132. The maximum Gasteiger partial charge on any atom is 0.322 e. The zero-order chi connectivity index (χ0) is 19.3. The van der Waals surface area contributed by atoms with Crippen LogP contribution in [0.15, 0.2) is 24.3 Å². The van der Waals surface area contributed by atoms with Crippen molar-refractivity contribution in [2.45, 2.75) is 64.3 Å². The Kier molecular flexibility index (Phi) is 6.68. The molecule has 3 amide bonds. The summed E-state index contributed by atoms with van der Waals surface area (Å²) in [5.41, 5.74) is 1.80. The molecule has 1 aliphatic carbocycles. The summed E-state index contributed by atoms with van der Waals surface area (Å²) < 4.78 is 0. The Morgan fingerprint density at radius 1 is 1.08 bits per heavy atom. The Hall–Kier alpha value is -2.04. The van der Waals surface area contributed by atoms with Crippen LogP contribution in [0.2, 0.25) is 0 Å². The number of likely N-dealkylation sites (N-methyl/N-ethyl adjacent to an activating group) is 2. The van der Waals surface area contributed by atoms with Crippen molar-refractivity contribution < 1.29 is 9.59 Å². The average Bonchev–Trinajstić information content (AvgIpc) is 2.61. The highest BCUT2D eigenvalue weighted by molar-refractivity contribution is 5.93. The molecule has 0 aliphatic heterocycles. The largest absolute Gasteiger partial charge is 0.341 e. The molecule has 0 radical (unpaired) electrons. The first-order valence-corrected chi connectivity index (χ1v) is 9.57. The van der Waals surface area contributed by atoms with Crippen LogP contribution < -0.4 is 5.32 Å². The molecule has 0 atom stereocenters. The SMILES string of the molecule is CN(CC(=O)N(C)C1CCCCC1)C(=O)Nc1ccccc1C(C)(C)C. The summed E-state index contributed by atoms with van der Waals surface area (Å²) >= 11 is 0. The summed E-state index contributed by atoms with van der Waals surface area (Å²) in [7, 11) is 3.53. The van der Waals surface area contributed by atoms with E-state index in [1.807, 2.05) is 36.2 Å². The third-order valence-electron chi connectivity index (χ3n) is 5.21. The highest BCUT2D eigenvalue weighted by atomic mass is 16.2. The van der Waals surface area contributed by atoms with E-state index in [1.165, 1.54) is 24.2 Å². The molecular weight excluding hydrogens is 326 g/mol. The third kappa shape index (κ3) is 5.23. The molecule has 1 aromatic carbocycles. The highest BCUT2D eigenvalue weighted by Gasteiger charge is 2.25. The van der Waals surface area contributed by atoms with E-state index in [1.54, 1.807) is 7.05 Å². The standard InChI is InChI=1S/C21H33N3O2/c1-21(2,3)17-13-9-10-14-18(17)22-20(26)23(4)15-19(25)24(5)16-11-7-6-8-12-16/h9-10,13-14,16H,6-8,11-12,15H2,1-5H3,(H,22,26). The molecule has 0 heterocycles. The van der Waals surface area contributed by atoms with E-state index >= 15 is 0 Å². The molecule has 26 heavy (non-hydrogen) atoms. The van der Waals surface area contributed by atoms with Crippen LogP contribution in [0.1, 0.15) is 58.4 Å². The second-order valence-electron chi connectivity index (χ2n) is 8.38. The molecule has 0 saturated heterocycles. The number of anilines is 1. The number of rotatable bonds is 4. The fourth-order valence-corrected chi connectivity index (χ4v) is 3.51. The van der Waals surface area contributed by atoms with Gasteiger partial charge in [-0.1, -0.05) is 58.2 Å². The second-order valence-corrected chi connectivity index (χ2v) is 8.38. The number of nitrogens with one attached hydrogen (secondary N) is 1.